The number of nitrogens with zero attached hydrogens (tertiary/aromatic N) is 5. The van der Waals surface area contributed by atoms with Crippen molar-refractivity contribution in [2.75, 3.05) is 4.90 Å². The molecular formula is C60H42N5+. The monoisotopic (exact) mass is 832 g/mol. The molecule has 0 N–H and O–H groups in total. The number of fused-ring (bicyclic) bond motifs is 4. The van der Waals surface area contributed by atoms with Crippen molar-refractivity contribution in [2.24, 2.45) is 0 Å². The van der Waals surface area contributed by atoms with Crippen molar-refractivity contribution < 1.29 is 0 Å². The predicted molar refractivity (Wildman–Crippen MR) is 270 cm³/mol. The van der Waals surface area contributed by atoms with Crippen LogP contribution in [0.5, 0.6) is 0 Å². The van der Waals surface area contributed by atoms with E-state index in [0.29, 0.717) is 0 Å². The Labute approximate surface area is 377 Å². The molecular weight excluding hydrogens is 791 g/mol. The summed E-state index contributed by atoms with van der Waals surface area (Å²) in [5, 5.41) is 2.34. The maximum atomic E-state index is 5.04. The highest BCUT2D eigenvalue weighted by atomic mass is 15.2. The molecule has 12 aromatic rings. The summed E-state index contributed by atoms with van der Waals surface area (Å²) >= 11 is 0. The van der Waals surface area contributed by atoms with E-state index in [1.165, 1.54) is 5.39 Å². The summed E-state index contributed by atoms with van der Waals surface area (Å²) in [6.45, 7) is 0. The minimum atomic E-state index is 0.865. The molecule has 0 aliphatic heterocycles. The molecule has 65 heavy (non-hydrogen) atoms. The summed E-state index contributed by atoms with van der Waals surface area (Å²) in [6, 6.07) is 86.7. The fourth-order valence-electron chi connectivity index (χ4n) is 9.48. The molecule has 0 unspecified atom stereocenters. The van der Waals surface area contributed by atoms with Gasteiger partial charge in [0.15, 0.2) is 17.4 Å². The van der Waals surface area contributed by atoms with Crippen LogP contribution in [0.15, 0.2) is 255 Å². The molecule has 9 aromatic carbocycles. The number of hydrogen-bond acceptors (Lipinski definition) is 2. The van der Waals surface area contributed by atoms with Crippen LogP contribution in [0.4, 0.5) is 17.1 Å². The molecule has 0 radical (unpaired) electrons. The molecule has 5 heteroatoms. The van der Waals surface area contributed by atoms with Gasteiger partial charge in [-0.15, -0.1) is 0 Å². The number of rotatable bonds is 9. The second kappa shape index (κ2) is 16.2. The Bertz CT molecular complexity index is 3590. The minimum Gasteiger partial charge on any atom is -0.308 e. The van der Waals surface area contributed by atoms with Gasteiger partial charge in [0.1, 0.15) is 17.2 Å². The zero-order chi connectivity index (χ0) is 43.1. The maximum absolute atomic E-state index is 5.04. The third kappa shape index (κ3) is 6.74. The van der Waals surface area contributed by atoms with Crippen molar-refractivity contribution in [2.45, 2.75) is 0 Å². The summed E-state index contributed by atoms with van der Waals surface area (Å²) in [5.74, 6) is 0.865. The Morgan fingerprint density at radius 3 is 1.55 bits per heavy atom. The quantitative estimate of drug-likeness (QED) is 0.136. The topological polar surface area (TPSA) is 30.9 Å². The smallest absolute Gasteiger partial charge is 0.168 e. The average molecular weight is 833 g/mol. The van der Waals surface area contributed by atoms with Gasteiger partial charge in [-0.05, 0) is 76.9 Å². The molecule has 3 heterocycles. The molecule has 0 saturated heterocycles. The first-order valence-electron chi connectivity index (χ1n) is 22.0. The normalized spacial score (nSPS) is 11.4. The molecule has 0 atom stereocenters. The van der Waals surface area contributed by atoms with Crippen LogP contribution in [-0.2, 0) is 0 Å². The fourth-order valence-corrected chi connectivity index (χ4v) is 9.48. The van der Waals surface area contributed by atoms with Gasteiger partial charge in [0.2, 0.25) is 0 Å². The standard InChI is InChI=1S/C60H42N5/c1-5-19-43(20-6-1)46-37-38-61-59(39-46)65-55-32-14-13-29-53(55)54-36-35-50(41-58(54)65)64(60-51(44-21-7-2-8-22-44)30-18-31-52(60)45-23-9-3-10-24-45)49-28-17-27-48(40-49)63-42-62(47-25-11-4-12-26-47)56-33-15-16-34-57(56)63/h1-42H/q+1. The number of pyridine rings is 1. The number of anilines is 3. The number of benzene rings is 9. The van der Waals surface area contributed by atoms with E-state index in [0.717, 1.165) is 95.1 Å². The van der Waals surface area contributed by atoms with E-state index in [1.54, 1.807) is 0 Å². The van der Waals surface area contributed by atoms with Crippen LogP contribution in [0.25, 0.3) is 83.4 Å². The summed E-state index contributed by atoms with van der Waals surface area (Å²) in [7, 11) is 0. The molecule has 0 bridgehead atoms. The highest BCUT2D eigenvalue weighted by Crippen LogP contribution is 2.48. The van der Waals surface area contributed by atoms with Crippen molar-refractivity contribution in [3.63, 3.8) is 0 Å². The number of imidazole rings is 1. The van der Waals surface area contributed by atoms with Crippen molar-refractivity contribution in [3.8, 4) is 50.6 Å². The molecule has 3 aromatic heterocycles. The lowest BCUT2D eigenvalue weighted by Gasteiger charge is -2.30. The van der Waals surface area contributed by atoms with Gasteiger partial charge in [0.25, 0.3) is 0 Å². The van der Waals surface area contributed by atoms with E-state index in [4.69, 9.17) is 4.98 Å². The molecule has 5 nitrogen and oxygen atoms in total. The van der Waals surface area contributed by atoms with Gasteiger partial charge in [-0.25, -0.2) is 4.98 Å². The van der Waals surface area contributed by atoms with Crippen LogP contribution in [0, 0.1) is 0 Å². The summed E-state index contributed by atoms with van der Waals surface area (Å²) in [6.07, 6.45) is 4.13. The first-order valence-corrected chi connectivity index (χ1v) is 22.0. The Morgan fingerprint density at radius 1 is 0.354 bits per heavy atom. The molecule has 0 aliphatic rings. The van der Waals surface area contributed by atoms with Gasteiger partial charge >= 0.3 is 0 Å². The average Bonchev–Trinajstić information content (AvgIpc) is 3.94. The summed E-state index contributed by atoms with van der Waals surface area (Å²) in [4.78, 5) is 7.50. The zero-order valence-corrected chi connectivity index (χ0v) is 35.5. The maximum Gasteiger partial charge on any atom is 0.168 e. The molecule has 0 fully saturated rings. The second-order valence-corrected chi connectivity index (χ2v) is 16.3. The fraction of sp³-hybridized carbons (Fsp3) is 0. The summed E-state index contributed by atoms with van der Waals surface area (Å²) in [5.41, 5.74) is 16.5. The predicted octanol–water partition coefficient (Wildman–Crippen LogP) is 15.7. The second-order valence-electron chi connectivity index (χ2n) is 16.3. The van der Waals surface area contributed by atoms with Gasteiger partial charge in [0.05, 0.1) is 22.4 Å². The molecule has 306 valence electrons. The SMILES string of the molecule is c1ccc(-c2ccnc(-n3c4ccccc4c4ccc(N(c5cccc(-n6[cH+]n(-c7ccccc7)c7ccccc76)c5)c5c(-c6ccccc6)cccc5-c5ccccc5)cc43)c2)cc1. The van der Waals surface area contributed by atoms with Gasteiger partial charge in [-0.1, -0.05) is 170 Å². The molecule has 0 saturated carbocycles. The Hall–Kier alpha value is -8.80. The highest BCUT2D eigenvalue weighted by molar-refractivity contribution is 6.11. The van der Waals surface area contributed by atoms with Crippen LogP contribution in [0.3, 0.4) is 0 Å². The van der Waals surface area contributed by atoms with E-state index in [9.17, 15) is 0 Å². The Morgan fingerprint density at radius 2 is 0.877 bits per heavy atom. The lowest BCUT2D eigenvalue weighted by atomic mass is 9.94. The Balaban J connectivity index is 1.13. The lowest BCUT2D eigenvalue weighted by Crippen LogP contribution is -2.13. The van der Waals surface area contributed by atoms with E-state index in [2.05, 4.69) is 268 Å². The number of aromatic nitrogens is 4. The van der Waals surface area contributed by atoms with E-state index < -0.39 is 0 Å². The Kier molecular flexibility index (Phi) is 9.42. The van der Waals surface area contributed by atoms with Gasteiger partial charge in [0, 0.05) is 52.0 Å². The number of para-hydroxylation sites is 5. The van der Waals surface area contributed by atoms with Crippen LogP contribution in [-0.4, -0.2) is 18.7 Å². The van der Waals surface area contributed by atoms with Crippen LogP contribution >= 0.6 is 0 Å². The van der Waals surface area contributed by atoms with Gasteiger partial charge < -0.3 is 4.90 Å². The van der Waals surface area contributed by atoms with Crippen molar-refractivity contribution in [1.29, 1.82) is 0 Å². The first kappa shape index (κ1) is 37.9. The molecule has 0 spiro atoms. The van der Waals surface area contributed by atoms with E-state index in [1.807, 2.05) is 6.20 Å². The van der Waals surface area contributed by atoms with Crippen LogP contribution in [0.2, 0.25) is 0 Å². The first-order chi connectivity index (χ1) is 32.3. The third-order valence-electron chi connectivity index (χ3n) is 12.5. The zero-order valence-electron chi connectivity index (χ0n) is 35.5. The van der Waals surface area contributed by atoms with Crippen molar-refractivity contribution >= 4 is 49.9 Å². The highest BCUT2D eigenvalue weighted by Gasteiger charge is 2.25. The van der Waals surface area contributed by atoms with Crippen molar-refractivity contribution in [1.82, 2.24) is 18.7 Å². The van der Waals surface area contributed by atoms with Gasteiger partial charge in [-0.2, -0.15) is 9.13 Å². The minimum absolute atomic E-state index is 0.865. The number of hydrogen-bond donors (Lipinski definition) is 0. The van der Waals surface area contributed by atoms with Crippen molar-refractivity contribution in [3.05, 3.63) is 255 Å². The third-order valence-corrected chi connectivity index (χ3v) is 12.5. The molecule has 0 aliphatic carbocycles. The lowest BCUT2D eigenvalue weighted by molar-refractivity contribution is 1.01. The van der Waals surface area contributed by atoms with Crippen LogP contribution in [0.1, 0.15) is 0 Å². The van der Waals surface area contributed by atoms with E-state index in [-0.39, 0.29) is 0 Å². The molecule has 0 amide bonds. The van der Waals surface area contributed by atoms with Crippen LogP contribution < -0.4 is 4.90 Å². The largest absolute Gasteiger partial charge is 0.308 e. The van der Waals surface area contributed by atoms with Gasteiger partial charge in [-0.3, -0.25) is 4.57 Å². The summed E-state index contributed by atoms with van der Waals surface area (Å²) < 4.78 is 6.90. The molecule has 12 rings (SSSR count). The van der Waals surface area contributed by atoms with E-state index >= 15 is 0 Å².